The molecule has 0 radical (unpaired) electrons. The van der Waals surface area contributed by atoms with Crippen LogP contribution in [0.25, 0.3) is 0 Å². The van der Waals surface area contributed by atoms with Crippen molar-refractivity contribution in [2.45, 2.75) is 115 Å². The maximum Gasteiger partial charge on any atom is 0.158 e. The highest BCUT2D eigenvalue weighted by molar-refractivity contribution is 5.91. The average Bonchev–Trinajstić information content (AvgIpc) is 2.62. The van der Waals surface area contributed by atoms with Crippen molar-refractivity contribution in [3.8, 4) is 0 Å². The van der Waals surface area contributed by atoms with E-state index in [9.17, 15) is 15.0 Å². The minimum absolute atomic E-state index is 0.0551. The van der Waals surface area contributed by atoms with E-state index in [1.54, 1.807) is 0 Å². The number of carbonyl (C=O) groups excluding carboxylic acids is 1. The van der Waals surface area contributed by atoms with Crippen LogP contribution < -0.4 is 0 Å². The lowest BCUT2D eigenvalue weighted by molar-refractivity contribution is -0.127. The fourth-order valence-electron chi connectivity index (χ4n) is 3.65. The summed E-state index contributed by atoms with van der Waals surface area (Å²) in [5, 5.41) is 20.3. The third-order valence-electron chi connectivity index (χ3n) is 5.38. The zero-order valence-electron chi connectivity index (χ0n) is 16.8. The van der Waals surface area contributed by atoms with E-state index in [2.05, 4.69) is 19.1 Å². The van der Waals surface area contributed by atoms with Crippen LogP contribution in [0.1, 0.15) is 103 Å². The van der Waals surface area contributed by atoms with Gasteiger partial charge in [-0.1, -0.05) is 83.3 Å². The Morgan fingerprint density at radius 1 is 0.962 bits per heavy atom. The molecular formula is C23H40O3. The van der Waals surface area contributed by atoms with Crippen LogP contribution in [-0.4, -0.2) is 27.7 Å². The van der Waals surface area contributed by atoms with Crippen molar-refractivity contribution in [2.75, 3.05) is 0 Å². The number of ketones is 1. The highest BCUT2D eigenvalue weighted by atomic mass is 16.3. The van der Waals surface area contributed by atoms with E-state index in [-0.39, 0.29) is 12.2 Å². The van der Waals surface area contributed by atoms with Gasteiger partial charge in [-0.25, -0.2) is 0 Å². The van der Waals surface area contributed by atoms with Gasteiger partial charge in [0, 0.05) is 6.42 Å². The number of aliphatic hydroxyl groups is 2. The molecule has 150 valence electrons. The molecule has 0 aromatic carbocycles. The molecule has 2 unspecified atom stereocenters. The third-order valence-corrected chi connectivity index (χ3v) is 5.38. The highest BCUT2D eigenvalue weighted by Crippen LogP contribution is 2.28. The summed E-state index contributed by atoms with van der Waals surface area (Å²) in [6.07, 6.45) is 23.2. The van der Waals surface area contributed by atoms with Gasteiger partial charge in [-0.2, -0.15) is 0 Å². The predicted molar refractivity (Wildman–Crippen MR) is 109 cm³/mol. The largest absolute Gasteiger partial charge is 0.386 e. The zero-order chi connectivity index (χ0) is 19.1. The van der Waals surface area contributed by atoms with Crippen molar-refractivity contribution >= 4 is 5.78 Å². The fraction of sp³-hybridized carbons (Fsp3) is 0.783. The summed E-state index contributed by atoms with van der Waals surface area (Å²) in [5.74, 6) is -0.0878. The smallest absolute Gasteiger partial charge is 0.158 e. The first kappa shape index (κ1) is 23.1. The van der Waals surface area contributed by atoms with Gasteiger partial charge in [0.05, 0.1) is 0 Å². The minimum atomic E-state index is -1.24. The highest BCUT2D eigenvalue weighted by Gasteiger charge is 2.37. The van der Waals surface area contributed by atoms with Crippen molar-refractivity contribution in [3.05, 3.63) is 24.3 Å². The molecule has 0 spiro atoms. The van der Waals surface area contributed by atoms with Crippen molar-refractivity contribution in [3.63, 3.8) is 0 Å². The summed E-state index contributed by atoms with van der Waals surface area (Å²) in [5.41, 5.74) is -1.24. The molecule has 1 rings (SSSR count). The van der Waals surface area contributed by atoms with Crippen LogP contribution in [0, 0.1) is 0 Å². The van der Waals surface area contributed by atoms with Gasteiger partial charge in [0.2, 0.25) is 0 Å². The Morgan fingerprint density at radius 3 is 2.08 bits per heavy atom. The van der Waals surface area contributed by atoms with Crippen molar-refractivity contribution in [2.24, 2.45) is 0 Å². The molecule has 0 aromatic rings. The summed E-state index contributed by atoms with van der Waals surface area (Å²) in [6.45, 7) is 2.18. The van der Waals surface area contributed by atoms with Gasteiger partial charge in [0.15, 0.2) is 5.78 Å². The first-order valence-electron chi connectivity index (χ1n) is 10.8. The molecule has 1 aliphatic rings. The van der Waals surface area contributed by atoms with Crippen molar-refractivity contribution in [1.82, 2.24) is 0 Å². The molecule has 3 heteroatoms. The van der Waals surface area contributed by atoms with Crippen LogP contribution in [0.4, 0.5) is 0 Å². The van der Waals surface area contributed by atoms with Crippen LogP contribution in [0.5, 0.6) is 0 Å². The topological polar surface area (TPSA) is 57.5 Å². The fourth-order valence-corrected chi connectivity index (χ4v) is 3.65. The number of rotatable bonds is 15. The minimum Gasteiger partial charge on any atom is -0.386 e. The van der Waals surface area contributed by atoms with Crippen LogP contribution in [0.15, 0.2) is 24.3 Å². The number of allylic oxidation sites excluding steroid dienone is 3. The second kappa shape index (κ2) is 14.2. The molecule has 2 atom stereocenters. The Balaban J connectivity index is 1.87. The Morgan fingerprint density at radius 2 is 1.50 bits per heavy atom. The first-order valence-corrected chi connectivity index (χ1v) is 10.8. The maximum atomic E-state index is 11.4. The summed E-state index contributed by atoms with van der Waals surface area (Å²) < 4.78 is 0. The number of unbranched alkanes of at least 4 members (excludes halogenated alkanes) is 11. The van der Waals surface area contributed by atoms with E-state index >= 15 is 0 Å². The molecule has 0 saturated heterocycles. The molecule has 3 nitrogen and oxygen atoms in total. The number of hydrogen-bond donors (Lipinski definition) is 2. The SMILES string of the molecule is CC/C=C/CCCCCCCCCCCCCC1(O)CC(=O)C=CC1O. The van der Waals surface area contributed by atoms with Gasteiger partial charge in [0.1, 0.15) is 11.7 Å². The second-order valence-corrected chi connectivity index (χ2v) is 7.86. The van der Waals surface area contributed by atoms with Gasteiger partial charge in [0.25, 0.3) is 0 Å². The van der Waals surface area contributed by atoms with Crippen LogP contribution in [-0.2, 0) is 4.79 Å². The lowest BCUT2D eigenvalue weighted by atomic mass is 9.82. The molecule has 0 bridgehead atoms. The molecule has 2 N–H and O–H groups in total. The quantitative estimate of drug-likeness (QED) is 0.292. The molecule has 26 heavy (non-hydrogen) atoms. The van der Waals surface area contributed by atoms with Crippen LogP contribution in [0.3, 0.4) is 0 Å². The predicted octanol–water partition coefficient (Wildman–Crippen LogP) is 5.64. The third kappa shape index (κ3) is 10.3. The van der Waals surface area contributed by atoms with E-state index in [0.29, 0.717) is 6.42 Å². The normalized spacial score (nSPS) is 23.2. The van der Waals surface area contributed by atoms with Gasteiger partial charge in [-0.05, 0) is 37.8 Å². The number of hydrogen-bond acceptors (Lipinski definition) is 3. The van der Waals surface area contributed by atoms with Crippen LogP contribution >= 0.6 is 0 Å². The Hall–Kier alpha value is -0.930. The van der Waals surface area contributed by atoms with E-state index in [0.717, 1.165) is 19.3 Å². The molecule has 0 amide bonds. The molecule has 0 aromatic heterocycles. The van der Waals surface area contributed by atoms with Gasteiger partial charge in [-0.3, -0.25) is 4.79 Å². The average molecular weight is 365 g/mol. The van der Waals surface area contributed by atoms with E-state index in [4.69, 9.17) is 0 Å². The van der Waals surface area contributed by atoms with Gasteiger partial charge < -0.3 is 10.2 Å². The molecule has 1 aliphatic carbocycles. The summed E-state index contributed by atoms with van der Waals surface area (Å²) in [7, 11) is 0. The van der Waals surface area contributed by atoms with Crippen molar-refractivity contribution < 1.29 is 15.0 Å². The monoisotopic (exact) mass is 364 g/mol. The summed E-state index contributed by atoms with van der Waals surface area (Å²) in [6, 6.07) is 0. The van der Waals surface area contributed by atoms with E-state index in [1.807, 2.05) is 0 Å². The van der Waals surface area contributed by atoms with Crippen LogP contribution in [0.2, 0.25) is 0 Å². The Bertz CT molecular complexity index is 427. The van der Waals surface area contributed by atoms with Gasteiger partial charge >= 0.3 is 0 Å². The summed E-state index contributed by atoms with van der Waals surface area (Å²) >= 11 is 0. The van der Waals surface area contributed by atoms with Crippen molar-refractivity contribution in [1.29, 1.82) is 0 Å². The standard InChI is InChI=1S/C23H40O3/c1-2-3-4-5-6-7-8-9-10-11-12-13-14-15-16-19-23(26)20-21(24)17-18-22(23)25/h3-4,17-18,22,25-26H,2,5-16,19-20H2,1H3/b4-3+. The molecule has 0 saturated carbocycles. The van der Waals surface area contributed by atoms with E-state index in [1.165, 1.54) is 76.4 Å². The Kier molecular flexibility index (Phi) is 12.6. The maximum absolute atomic E-state index is 11.4. The number of carbonyl (C=O) groups is 1. The summed E-state index contributed by atoms with van der Waals surface area (Å²) in [4.78, 5) is 11.4. The lowest BCUT2D eigenvalue weighted by Gasteiger charge is -2.33. The lowest BCUT2D eigenvalue weighted by Crippen LogP contribution is -2.45. The van der Waals surface area contributed by atoms with Gasteiger partial charge in [-0.15, -0.1) is 0 Å². The number of aliphatic hydroxyl groups excluding tert-OH is 1. The Labute approximate surface area is 160 Å². The molecular weight excluding hydrogens is 324 g/mol. The second-order valence-electron chi connectivity index (χ2n) is 7.86. The first-order chi connectivity index (χ1) is 12.6. The molecule has 0 heterocycles. The molecule has 0 fully saturated rings. The molecule has 0 aliphatic heterocycles. The zero-order valence-corrected chi connectivity index (χ0v) is 16.8. The van der Waals surface area contributed by atoms with E-state index < -0.39 is 11.7 Å².